The van der Waals surface area contributed by atoms with Crippen molar-refractivity contribution in [1.29, 1.82) is 0 Å². The number of piperidine rings is 1. The monoisotopic (exact) mass is 269 g/mol. The molecule has 0 aromatic heterocycles. The summed E-state index contributed by atoms with van der Waals surface area (Å²) in [5.74, 6) is 6.04. The molecule has 1 aliphatic heterocycles. The van der Waals surface area contributed by atoms with Crippen molar-refractivity contribution in [3.8, 4) is 0 Å². The fourth-order valence-corrected chi connectivity index (χ4v) is 2.81. The zero-order valence-corrected chi connectivity index (χ0v) is 12.0. The van der Waals surface area contributed by atoms with E-state index >= 15 is 0 Å². The van der Waals surface area contributed by atoms with Crippen LogP contribution < -0.4 is 5.84 Å². The maximum Gasteiger partial charge on any atom is 0.410 e. The SMILES string of the molecule is CCN(N=NN)C1C2CN(C(=O)OC(C)(C)C)CC21. The summed E-state index contributed by atoms with van der Waals surface area (Å²) >= 11 is 0. The number of carbonyl (C=O) groups is 1. The molecule has 19 heavy (non-hydrogen) atoms. The molecule has 2 unspecified atom stereocenters. The Bertz CT molecular complexity index is 367. The standard InChI is InChI=1S/C12H23N5O2/c1-5-17(15-14-13)10-8-6-16(7-9(8)10)11(18)19-12(2,3)4/h8-10H,5-7H2,1-4H3,(H2,13,15). The molecule has 108 valence electrons. The van der Waals surface area contributed by atoms with E-state index in [2.05, 4.69) is 10.4 Å². The van der Waals surface area contributed by atoms with Crippen LogP contribution in [-0.2, 0) is 4.74 Å². The normalized spacial score (nSPS) is 29.5. The molecule has 1 heterocycles. The first-order valence-electron chi connectivity index (χ1n) is 6.72. The minimum Gasteiger partial charge on any atom is -0.444 e. The van der Waals surface area contributed by atoms with E-state index in [1.54, 1.807) is 4.90 Å². The molecule has 1 aliphatic carbocycles. The largest absolute Gasteiger partial charge is 0.444 e. The molecule has 2 N–H and O–H groups in total. The summed E-state index contributed by atoms with van der Waals surface area (Å²) in [4.78, 5) is 13.7. The van der Waals surface area contributed by atoms with Gasteiger partial charge in [-0.3, -0.25) is 5.01 Å². The van der Waals surface area contributed by atoms with Gasteiger partial charge in [-0.25, -0.2) is 4.79 Å². The lowest BCUT2D eigenvalue weighted by atomic mass is 10.2. The van der Waals surface area contributed by atoms with Gasteiger partial charge in [-0.05, 0) is 27.7 Å². The number of nitrogens with two attached hydrogens (primary N) is 1. The first-order valence-corrected chi connectivity index (χ1v) is 6.72. The summed E-state index contributed by atoms with van der Waals surface area (Å²) < 4.78 is 5.37. The van der Waals surface area contributed by atoms with Gasteiger partial charge in [0.15, 0.2) is 0 Å². The van der Waals surface area contributed by atoms with E-state index in [0.717, 1.165) is 19.6 Å². The number of ether oxygens (including phenoxy) is 1. The highest BCUT2D eigenvalue weighted by Crippen LogP contribution is 2.49. The van der Waals surface area contributed by atoms with Crippen LogP contribution >= 0.6 is 0 Å². The maximum absolute atomic E-state index is 11.9. The quantitative estimate of drug-likeness (QED) is 0.477. The lowest BCUT2D eigenvalue weighted by Crippen LogP contribution is -2.39. The Morgan fingerprint density at radius 1 is 1.42 bits per heavy atom. The van der Waals surface area contributed by atoms with Crippen molar-refractivity contribution >= 4 is 6.09 Å². The predicted octanol–water partition coefficient (Wildman–Crippen LogP) is 1.41. The van der Waals surface area contributed by atoms with Crippen LogP contribution in [0.15, 0.2) is 10.4 Å². The number of likely N-dealkylation sites (tertiary alicyclic amines) is 1. The van der Waals surface area contributed by atoms with Gasteiger partial charge in [-0.1, -0.05) is 10.4 Å². The molecule has 2 rings (SSSR count). The fraction of sp³-hybridized carbons (Fsp3) is 0.917. The second kappa shape index (κ2) is 4.86. The van der Waals surface area contributed by atoms with Crippen LogP contribution in [-0.4, -0.2) is 47.3 Å². The summed E-state index contributed by atoms with van der Waals surface area (Å²) in [5, 5.41) is 9.17. The Labute approximate surface area is 113 Å². The third kappa shape index (κ3) is 2.90. The lowest BCUT2D eigenvalue weighted by molar-refractivity contribution is 0.0256. The van der Waals surface area contributed by atoms with Crippen molar-refractivity contribution in [3.05, 3.63) is 0 Å². The van der Waals surface area contributed by atoms with Crippen molar-refractivity contribution in [2.45, 2.75) is 39.3 Å². The van der Waals surface area contributed by atoms with E-state index in [-0.39, 0.29) is 6.09 Å². The highest BCUT2D eigenvalue weighted by Gasteiger charge is 2.60. The number of amides is 1. The Kier molecular flexibility index (Phi) is 3.56. The first kappa shape index (κ1) is 13.9. The number of hydrogen-bond donors (Lipinski definition) is 1. The third-order valence-electron chi connectivity index (χ3n) is 3.64. The molecule has 0 bridgehead atoms. The van der Waals surface area contributed by atoms with Gasteiger partial charge in [0.2, 0.25) is 0 Å². The minimum absolute atomic E-state index is 0.220. The van der Waals surface area contributed by atoms with Crippen molar-refractivity contribution in [2.24, 2.45) is 28.1 Å². The van der Waals surface area contributed by atoms with E-state index in [0.29, 0.717) is 17.9 Å². The van der Waals surface area contributed by atoms with Gasteiger partial charge in [0, 0.05) is 31.5 Å². The highest BCUT2D eigenvalue weighted by molar-refractivity contribution is 5.69. The minimum atomic E-state index is -0.438. The summed E-state index contributed by atoms with van der Waals surface area (Å²) in [7, 11) is 0. The van der Waals surface area contributed by atoms with Crippen molar-refractivity contribution in [3.63, 3.8) is 0 Å². The van der Waals surface area contributed by atoms with E-state index in [4.69, 9.17) is 10.6 Å². The summed E-state index contributed by atoms with van der Waals surface area (Å²) in [6.45, 7) is 9.92. The van der Waals surface area contributed by atoms with Gasteiger partial charge in [0.05, 0.1) is 6.04 Å². The topological polar surface area (TPSA) is 83.5 Å². The van der Waals surface area contributed by atoms with Gasteiger partial charge < -0.3 is 15.5 Å². The van der Waals surface area contributed by atoms with Gasteiger partial charge in [0.1, 0.15) is 5.60 Å². The van der Waals surface area contributed by atoms with Crippen molar-refractivity contribution < 1.29 is 9.53 Å². The van der Waals surface area contributed by atoms with Crippen LogP contribution in [0, 0.1) is 11.8 Å². The summed E-state index contributed by atoms with van der Waals surface area (Å²) in [6.07, 6.45) is -0.220. The van der Waals surface area contributed by atoms with E-state index in [1.807, 2.05) is 32.7 Å². The second-order valence-corrected chi connectivity index (χ2v) is 6.16. The maximum atomic E-state index is 11.9. The third-order valence-corrected chi connectivity index (χ3v) is 3.64. The Morgan fingerprint density at radius 2 is 2.00 bits per heavy atom. The predicted molar refractivity (Wildman–Crippen MR) is 70.0 cm³/mol. The zero-order chi connectivity index (χ0) is 14.2. The molecule has 1 saturated heterocycles. The molecule has 7 nitrogen and oxygen atoms in total. The number of hydrogen-bond acceptors (Lipinski definition) is 4. The zero-order valence-electron chi connectivity index (χ0n) is 12.0. The van der Waals surface area contributed by atoms with Gasteiger partial charge in [-0.15, -0.1) is 0 Å². The molecular formula is C12H23N5O2. The summed E-state index contributed by atoms with van der Waals surface area (Å²) in [5.41, 5.74) is -0.438. The van der Waals surface area contributed by atoms with Gasteiger partial charge in [0.25, 0.3) is 0 Å². The van der Waals surface area contributed by atoms with Gasteiger partial charge in [-0.2, -0.15) is 0 Å². The number of nitrogens with zero attached hydrogens (tertiary/aromatic N) is 4. The van der Waals surface area contributed by atoms with Crippen molar-refractivity contribution in [2.75, 3.05) is 19.6 Å². The molecule has 2 fully saturated rings. The Balaban J connectivity index is 1.85. The first-order chi connectivity index (χ1) is 8.87. The average Bonchev–Trinajstić information content (AvgIpc) is 2.79. The Hall–Kier alpha value is -1.53. The second-order valence-electron chi connectivity index (χ2n) is 6.16. The molecule has 0 aromatic carbocycles. The molecule has 7 heteroatoms. The fourth-order valence-electron chi connectivity index (χ4n) is 2.81. The molecule has 2 atom stereocenters. The molecule has 0 radical (unpaired) electrons. The van der Waals surface area contributed by atoms with E-state index < -0.39 is 5.60 Å². The lowest BCUT2D eigenvalue weighted by Gasteiger charge is -2.27. The molecule has 1 amide bonds. The molecule has 0 aromatic rings. The van der Waals surface area contributed by atoms with Crippen LogP contribution in [0.1, 0.15) is 27.7 Å². The van der Waals surface area contributed by atoms with Crippen LogP contribution in [0.2, 0.25) is 0 Å². The molecule has 1 saturated carbocycles. The van der Waals surface area contributed by atoms with E-state index in [1.165, 1.54) is 0 Å². The average molecular weight is 269 g/mol. The molecule has 0 spiro atoms. The summed E-state index contributed by atoms with van der Waals surface area (Å²) in [6, 6.07) is 0.371. The van der Waals surface area contributed by atoms with Crippen LogP contribution in [0.4, 0.5) is 4.79 Å². The van der Waals surface area contributed by atoms with Crippen LogP contribution in [0.5, 0.6) is 0 Å². The number of fused-ring (bicyclic) bond motifs is 1. The molecule has 2 aliphatic rings. The Morgan fingerprint density at radius 3 is 2.42 bits per heavy atom. The van der Waals surface area contributed by atoms with Crippen molar-refractivity contribution in [1.82, 2.24) is 9.91 Å². The van der Waals surface area contributed by atoms with Gasteiger partial charge >= 0.3 is 6.09 Å². The van der Waals surface area contributed by atoms with E-state index in [9.17, 15) is 4.79 Å². The van der Waals surface area contributed by atoms with Crippen LogP contribution in [0.3, 0.4) is 0 Å². The smallest absolute Gasteiger partial charge is 0.410 e. The molecular weight excluding hydrogens is 246 g/mol. The van der Waals surface area contributed by atoms with Crippen LogP contribution in [0.25, 0.3) is 0 Å². The highest BCUT2D eigenvalue weighted by atomic mass is 16.6. The number of rotatable bonds is 3. The number of carbonyl (C=O) groups excluding carboxylic acids is 1.